The standard InChI is InChI=1S/C14H22N2O3/c1-14(2,3)16-13(18)9-15-8-10-5-6-11(19-4)7-12(10)17/h5-7,15,17H,8-9H2,1-4H3,(H,16,18). The first-order valence-corrected chi connectivity index (χ1v) is 6.19. The van der Waals surface area contributed by atoms with Crippen molar-refractivity contribution in [2.45, 2.75) is 32.9 Å². The van der Waals surface area contributed by atoms with Crippen LogP contribution in [0.5, 0.6) is 11.5 Å². The molecule has 0 fully saturated rings. The summed E-state index contributed by atoms with van der Waals surface area (Å²) in [4.78, 5) is 11.6. The minimum absolute atomic E-state index is 0.0690. The molecular weight excluding hydrogens is 244 g/mol. The van der Waals surface area contributed by atoms with Crippen LogP contribution in [0.2, 0.25) is 0 Å². The molecule has 0 aliphatic rings. The lowest BCUT2D eigenvalue weighted by Gasteiger charge is -2.20. The molecule has 5 nitrogen and oxygen atoms in total. The number of methoxy groups -OCH3 is 1. The maximum absolute atomic E-state index is 11.6. The van der Waals surface area contributed by atoms with Gasteiger partial charge in [0.15, 0.2) is 0 Å². The Morgan fingerprint density at radius 1 is 1.37 bits per heavy atom. The zero-order chi connectivity index (χ0) is 14.5. The first kappa shape index (κ1) is 15.3. The highest BCUT2D eigenvalue weighted by Crippen LogP contribution is 2.22. The lowest BCUT2D eigenvalue weighted by atomic mass is 10.1. The molecule has 0 saturated heterocycles. The van der Waals surface area contributed by atoms with Crippen molar-refractivity contribution in [3.8, 4) is 11.5 Å². The SMILES string of the molecule is COc1ccc(CNCC(=O)NC(C)(C)C)c(O)c1. The van der Waals surface area contributed by atoms with Crippen molar-refractivity contribution < 1.29 is 14.6 Å². The van der Waals surface area contributed by atoms with E-state index in [4.69, 9.17) is 4.74 Å². The Kier molecular flexibility index (Phi) is 5.18. The van der Waals surface area contributed by atoms with Crippen molar-refractivity contribution in [3.05, 3.63) is 23.8 Å². The van der Waals surface area contributed by atoms with Crippen LogP contribution in [0, 0.1) is 0 Å². The predicted octanol–water partition coefficient (Wildman–Crippen LogP) is 1.41. The van der Waals surface area contributed by atoms with Crippen LogP contribution in [0.4, 0.5) is 0 Å². The van der Waals surface area contributed by atoms with Gasteiger partial charge in [0.2, 0.25) is 5.91 Å². The smallest absolute Gasteiger partial charge is 0.234 e. The topological polar surface area (TPSA) is 70.6 Å². The summed E-state index contributed by atoms with van der Waals surface area (Å²) >= 11 is 0. The van der Waals surface area contributed by atoms with Gasteiger partial charge in [0.25, 0.3) is 0 Å². The van der Waals surface area contributed by atoms with E-state index in [9.17, 15) is 9.90 Å². The van der Waals surface area contributed by atoms with E-state index in [0.717, 1.165) is 5.56 Å². The number of carbonyl (C=O) groups excluding carboxylic acids is 1. The van der Waals surface area contributed by atoms with Crippen LogP contribution in [-0.4, -0.2) is 30.2 Å². The second-order valence-corrected chi connectivity index (χ2v) is 5.40. The van der Waals surface area contributed by atoms with E-state index in [0.29, 0.717) is 12.3 Å². The molecule has 3 N–H and O–H groups in total. The summed E-state index contributed by atoms with van der Waals surface area (Å²) in [5.41, 5.74) is 0.491. The van der Waals surface area contributed by atoms with Crippen molar-refractivity contribution in [2.75, 3.05) is 13.7 Å². The summed E-state index contributed by atoms with van der Waals surface area (Å²) in [6, 6.07) is 5.08. The van der Waals surface area contributed by atoms with Gasteiger partial charge in [-0.2, -0.15) is 0 Å². The van der Waals surface area contributed by atoms with Gasteiger partial charge in [-0.3, -0.25) is 4.79 Å². The number of ether oxygens (including phenoxy) is 1. The molecule has 0 spiro atoms. The Hall–Kier alpha value is -1.75. The Morgan fingerprint density at radius 2 is 2.05 bits per heavy atom. The molecule has 1 aromatic rings. The van der Waals surface area contributed by atoms with Crippen molar-refractivity contribution in [1.82, 2.24) is 10.6 Å². The minimum Gasteiger partial charge on any atom is -0.507 e. The van der Waals surface area contributed by atoms with Gasteiger partial charge >= 0.3 is 0 Å². The zero-order valence-electron chi connectivity index (χ0n) is 11.9. The molecule has 0 bridgehead atoms. The molecule has 1 amide bonds. The summed E-state index contributed by atoms with van der Waals surface area (Å²) in [6.07, 6.45) is 0. The molecule has 0 atom stereocenters. The highest BCUT2D eigenvalue weighted by atomic mass is 16.5. The van der Waals surface area contributed by atoms with Gasteiger partial charge in [-0.05, 0) is 26.8 Å². The number of benzene rings is 1. The second kappa shape index (κ2) is 6.43. The minimum atomic E-state index is -0.235. The third-order valence-corrected chi connectivity index (χ3v) is 2.41. The molecule has 0 aliphatic carbocycles. The Bertz CT molecular complexity index is 439. The molecule has 19 heavy (non-hydrogen) atoms. The Balaban J connectivity index is 2.43. The van der Waals surface area contributed by atoms with Gasteiger partial charge in [-0.15, -0.1) is 0 Å². The summed E-state index contributed by atoms with van der Waals surface area (Å²) < 4.78 is 5.00. The maximum atomic E-state index is 11.6. The number of nitrogens with one attached hydrogen (secondary N) is 2. The monoisotopic (exact) mass is 266 g/mol. The molecule has 0 saturated carbocycles. The average Bonchev–Trinajstić information content (AvgIpc) is 2.28. The van der Waals surface area contributed by atoms with Crippen LogP contribution in [0.25, 0.3) is 0 Å². The van der Waals surface area contributed by atoms with Crippen molar-refractivity contribution in [1.29, 1.82) is 0 Å². The second-order valence-electron chi connectivity index (χ2n) is 5.40. The number of rotatable bonds is 5. The molecule has 0 unspecified atom stereocenters. The number of carbonyl (C=O) groups is 1. The molecule has 0 aliphatic heterocycles. The summed E-state index contributed by atoms with van der Waals surface area (Å²) in [5.74, 6) is 0.690. The first-order chi connectivity index (χ1) is 8.81. The van der Waals surface area contributed by atoms with E-state index < -0.39 is 0 Å². The van der Waals surface area contributed by atoms with Crippen LogP contribution in [0.3, 0.4) is 0 Å². The van der Waals surface area contributed by atoms with Crippen molar-refractivity contribution in [2.24, 2.45) is 0 Å². The number of amides is 1. The highest BCUT2D eigenvalue weighted by Gasteiger charge is 2.13. The highest BCUT2D eigenvalue weighted by molar-refractivity contribution is 5.78. The molecule has 1 rings (SSSR count). The molecule has 0 radical (unpaired) electrons. The van der Waals surface area contributed by atoms with E-state index in [1.807, 2.05) is 20.8 Å². The van der Waals surface area contributed by atoms with Crippen LogP contribution < -0.4 is 15.4 Å². The maximum Gasteiger partial charge on any atom is 0.234 e. The Labute approximate surface area is 114 Å². The fraction of sp³-hybridized carbons (Fsp3) is 0.500. The molecule has 0 aromatic heterocycles. The molecule has 0 heterocycles. The van der Waals surface area contributed by atoms with Gasteiger partial charge in [-0.1, -0.05) is 6.07 Å². The first-order valence-electron chi connectivity index (χ1n) is 6.19. The van der Waals surface area contributed by atoms with Gasteiger partial charge < -0.3 is 20.5 Å². The number of aromatic hydroxyl groups is 1. The van der Waals surface area contributed by atoms with E-state index in [2.05, 4.69) is 10.6 Å². The largest absolute Gasteiger partial charge is 0.507 e. The van der Waals surface area contributed by atoms with E-state index >= 15 is 0 Å². The average molecular weight is 266 g/mol. The lowest BCUT2D eigenvalue weighted by molar-refractivity contribution is -0.121. The summed E-state index contributed by atoms with van der Waals surface area (Å²) in [5, 5.41) is 15.6. The molecule has 106 valence electrons. The normalized spacial score (nSPS) is 11.2. The Morgan fingerprint density at radius 3 is 2.58 bits per heavy atom. The third kappa shape index (κ3) is 5.61. The van der Waals surface area contributed by atoms with E-state index in [-0.39, 0.29) is 23.7 Å². The quantitative estimate of drug-likeness (QED) is 0.753. The van der Waals surface area contributed by atoms with Gasteiger partial charge in [0.1, 0.15) is 11.5 Å². The van der Waals surface area contributed by atoms with Crippen molar-refractivity contribution >= 4 is 5.91 Å². The van der Waals surface area contributed by atoms with Crippen LogP contribution >= 0.6 is 0 Å². The number of hydrogen-bond acceptors (Lipinski definition) is 4. The fourth-order valence-corrected chi connectivity index (χ4v) is 1.59. The van der Waals surface area contributed by atoms with E-state index in [1.165, 1.54) is 0 Å². The van der Waals surface area contributed by atoms with Crippen molar-refractivity contribution in [3.63, 3.8) is 0 Å². The van der Waals surface area contributed by atoms with Gasteiger partial charge in [0, 0.05) is 23.7 Å². The molecular formula is C14H22N2O3. The number of phenolic OH excluding ortho intramolecular Hbond substituents is 1. The lowest BCUT2D eigenvalue weighted by Crippen LogP contribution is -2.44. The van der Waals surface area contributed by atoms with Crippen LogP contribution in [-0.2, 0) is 11.3 Å². The van der Waals surface area contributed by atoms with Gasteiger partial charge in [0.05, 0.1) is 13.7 Å². The zero-order valence-corrected chi connectivity index (χ0v) is 11.9. The van der Waals surface area contributed by atoms with Crippen LogP contribution in [0.1, 0.15) is 26.3 Å². The molecule has 1 aromatic carbocycles. The number of phenols is 1. The summed E-state index contributed by atoms with van der Waals surface area (Å²) in [7, 11) is 1.55. The summed E-state index contributed by atoms with van der Waals surface area (Å²) in [6.45, 7) is 6.43. The van der Waals surface area contributed by atoms with Gasteiger partial charge in [-0.25, -0.2) is 0 Å². The molecule has 5 heteroatoms. The van der Waals surface area contributed by atoms with Crippen LogP contribution in [0.15, 0.2) is 18.2 Å². The number of hydrogen-bond donors (Lipinski definition) is 3. The predicted molar refractivity (Wildman–Crippen MR) is 74.3 cm³/mol. The third-order valence-electron chi connectivity index (χ3n) is 2.41. The fourth-order valence-electron chi connectivity index (χ4n) is 1.59. The van der Waals surface area contributed by atoms with E-state index in [1.54, 1.807) is 25.3 Å².